The molecule has 0 aromatic heterocycles. The first-order valence-electron chi connectivity index (χ1n) is 12.2. The molecule has 36 heavy (non-hydrogen) atoms. The summed E-state index contributed by atoms with van der Waals surface area (Å²) in [7, 11) is -3.46. The average molecular weight is 524 g/mol. The van der Waals surface area contributed by atoms with Crippen LogP contribution in [0.15, 0.2) is 83.8 Å². The number of carbonyl (C=O) groups excluding carboxylic acids is 1. The maximum atomic E-state index is 12.8. The fraction of sp³-hybridized carbons (Fsp3) is 0.321. The third-order valence-electron chi connectivity index (χ3n) is 6.23. The molecule has 1 amide bonds. The van der Waals surface area contributed by atoms with Crippen LogP contribution in [-0.2, 0) is 22.3 Å². The van der Waals surface area contributed by atoms with Crippen LogP contribution in [0.3, 0.4) is 0 Å². The van der Waals surface area contributed by atoms with Gasteiger partial charge in [-0.25, -0.2) is 8.42 Å². The third-order valence-corrected chi connectivity index (χ3v) is 9.17. The maximum absolute atomic E-state index is 12.8. The molecule has 1 aliphatic rings. The van der Waals surface area contributed by atoms with Crippen molar-refractivity contribution in [2.24, 2.45) is 0 Å². The number of nitrogens with one attached hydrogen (secondary N) is 1. The highest BCUT2D eigenvalue weighted by Gasteiger charge is 2.28. The van der Waals surface area contributed by atoms with E-state index in [-0.39, 0.29) is 5.91 Å². The van der Waals surface area contributed by atoms with E-state index in [4.69, 9.17) is 0 Å². The van der Waals surface area contributed by atoms with Crippen molar-refractivity contribution < 1.29 is 13.2 Å². The Morgan fingerprint density at radius 3 is 2.33 bits per heavy atom. The number of amides is 1. The third kappa shape index (κ3) is 7.20. The number of benzene rings is 3. The summed E-state index contributed by atoms with van der Waals surface area (Å²) in [6, 6.07) is 24.8. The first-order chi connectivity index (χ1) is 17.4. The molecule has 0 aliphatic carbocycles. The van der Waals surface area contributed by atoms with Crippen molar-refractivity contribution >= 4 is 27.7 Å². The van der Waals surface area contributed by atoms with Crippen molar-refractivity contribution in [3.63, 3.8) is 0 Å². The Morgan fingerprint density at radius 2 is 1.61 bits per heavy atom. The Bertz CT molecular complexity index is 1240. The Balaban J connectivity index is 1.21. The van der Waals surface area contributed by atoms with E-state index in [2.05, 4.69) is 41.4 Å². The summed E-state index contributed by atoms with van der Waals surface area (Å²) < 4.78 is 27.2. The fourth-order valence-corrected chi connectivity index (χ4v) is 6.41. The SMILES string of the molecule is Cc1ccc(CSCCNC(=O)c2cccc(CN3CCN(S(=O)(=O)c4ccccc4)CC3)c2)cc1. The molecule has 3 aromatic carbocycles. The van der Waals surface area contributed by atoms with Gasteiger partial charge in [-0.3, -0.25) is 9.69 Å². The molecule has 0 bridgehead atoms. The lowest BCUT2D eigenvalue weighted by Gasteiger charge is -2.34. The van der Waals surface area contributed by atoms with Crippen LogP contribution in [0.2, 0.25) is 0 Å². The van der Waals surface area contributed by atoms with Gasteiger partial charge < -0.3 is 5.32 Å². The van der Waals surface area contributed by atoms with Gasteiger partial charge in [0.2, 0.25) is 10.0 Å². The van der Waals surface area contributed by atoms with Crippen LogP contribution in [0, 0.1) is 6.92 Å². The summed E-state index contributed by atoms with van der Waals surface area (Å²) in [4.78, 5) is 15.2. The fourth-order valence-electron chi connectivity index (χ4n) is 4.15. The number of thioether (sulfide) groups is 1. The van der Waals surface area contributed by atoms with E-state index >= 15 is 0 Å². The predicted molar refractivity (Wildman–Crippen MR) is 147 cm³/mol. The zero-order chi connectivity index (χ0) is 25.4. The second-order valence-electron chi connectivity index (χ2n) is 8.99. The van der Waals surface area contributed by atoms with Gasteiger partial charge in [0.05, 0.1) is 4.90 Å². The second kappa shape index (κ2) is 12.5. The van der Waals surface area contributed by atoms with E-state index in [1.54, 1.807) is 28.6 Å². The normalized spacial score (nSPS) is 15.0. The van der Waals surface area contributed by atoms with E-state index in [0.29, 0.717) is 49.7 Å². The van der Waals surface area contributed by atoms with E-state index < -0.39 is 10.0 Å². The Labute approximate surface area is 218 Å². The molecule has 0 radical (unpaired) electrons. The van der Waals surface area contributed by atoms with Crippen LogP contribution >= 0.6 is 11.8 Å². The number of sulfonamides is 1. The molecule has 0 spiro atoms. The topological polar surface area (TPSA) is 69.7 Å². The standard InChI is InChI=1S/C28H33N3O3S2/c1-23-10-12-24(13-11-23)22-35-19-14-29-28(32)26-7-5-6-25(20-26)21-30-15-17-31(18-16-30)36(33,34)27-8-3-2-4-9-27/h2-13,20H,14-19,21-22H2,1H3,(H,29,32). The van der Waals surface area contributed by atoms with Gasteiger partial charge in [0.15, 0.2) is 0 Å². The minimum absolute atomic E-state index is 0.0634. The molecule has 0 saturated carbocycles. The molecular weight excluding hydrogens is 490 g/mol. The zero-order valence-corrected chi connectivity index (χ0v) is 22.2. The summed E-state index contributed by atoms with van der Waals surface area (Å²) in [5.41, 5.74) is 4.26. The van der Waals surface area contributed by atoms with Crippen LogP contribution in [0.4, 0.5) is 0 Å². The average Bonchev–Trinajstić information content (AvgIpc) is 2.90. The zero-order valence-electron chi connectivity index (χ0n) is 20.6. The molecule has 1 fully saturated rings. The van der Waals surface area contributed by atoms with Crippen molar-refractivity contribution in [3.8, 4) is 0 Å². The summed E-state index contributed by atoms with van der Waals surface area (Å²) in [6.45, 7) is 5.61. The highest BCUT2D eigenvalue weighted by atomic mass is 32.2. The van der Waals surface area contributed by atoms with Crippen molar-refractivity contribution in [1.82, 2.24) is 14.5 Å². The molecule has 0 unspecified atom stereocenters. The largest absolute Gasteiger partial charge is 0.351 e. The van der Waals surface area contributed by atoms with E-state index in [1.165, 1.54) is 11.1 Å². The highest BCUT2D eigenvalue weighted by molar-refractivity contribution is 7.98. The molecule has 190 valence electrons. The monoisotopic (exact) mass is 523 g/mol. The highest BCUT2D eigenvalue weighted by Crippen LogP contribution is 2.18. The molecule has 0 atom stereocenters. The summed E-state index contributed by atoms with van der Waals surface area (Å²) >= 11 is 1.81. The predicted octanol–water partition coefficient (Wildman–Crippen LogP) is 4.16. The number of piperazine rings is 1. The van der Waals surface area contributed by atoms with Crippen LogP contribution in [0.25, 0.3) is 0 Å². The number of carbonyl (C=O) groups is 1. The van der Waals surface area contributed by atoms with Crippen molar-refractivity contribution in [3.05, 3.63) is 101 Å². The van der Waals surface area contributed by atoms with Gasteiger partial charge in [-0.2, -0.15) is 16.1 Å². The number of rotatable bonds is 10. The second-order valence-corrected chi connectivity index (χ2v) is 12.0. The van der Waals surface area contributed by atoms with E-state index in [9.17, 15) is 13.2 Å². The van der Waals surface area contributed by atoms with Crippen molar-refractivity contribution in [2.75, 3.05) is 38.5 Å². The van der Waals surface area contributed by atoms with Gasteiger partial charge in [0.25, 0.3) is 5.91 Å². The van der Waals surface area contributed by atoms with Gasteiger partial charge >= 0.3 is 0 Å². The van der Waals surface area contributed by atoms with Crippen molar-refractivity contribution in [2.45, 2.75) is 24.1 Å². The maximum Gasteiger partial charge on any atom is 0.251 e. The molecule has 1 saturated heterocycles. The Kier molecular flexibility index (Phi) is 9.20. The summed E-state index contributed by atoms with van der Waals surface area (Å²) in [5.74, 6) is 1.73. The molecule has 4 rings (SSSR count). The van der Waals surface area contributed by atoms with Gasteiger partial charge in [-0.05, 0) is 42.3 Å². The van der Waals surface area contributed by atoms with Crippen LogP contribution < -0.4 is 5.32 Å². The van der Waals surface area contributed by atoms with Crippen LogP contribution in [0.5, 0.6) is 0 Å². The molecule has 3 aromatic rings. The van der Waals surface area contributed by atoms with Crippen LogP contribution in [0.1, 0.15) is 27.0 Å². The minimum Gasteiger partial charge on any atom is -0.351 e. The lowest BCUT2D eigenvalue weighted by Crippen LogP contribution is -2.48. The molecule has 1 aliphatic heterocycles. The molecule has 8 heteroatoms. The summed E-state index contributed by atoms with van der Waals surface area (Å²) in [6.07, 6.45) is 0. The molecule has 1 N–H and O–H groups in total. The number of hydrogen-bond acceptors (Lipinski definition) is 5. The van der Waals surface area contributed by atoms with Crippen LogP contribution in [-0.4, -0.2) is 62.0 Å². The smallest absolute Gasteiger partial charge is 0.251 e. The van der Waals surface area contributed by atoms with Gasteiger partial charge in [0, 0.05) is 56.3 Å². The quantitative estimate of drug-likeness (QED) is 0.404. The first-order valence-corrected chi connectivity index (χ1v) is 14.8. The molecular formula is C28H33N3O3S2. The number of hydrogen-bond donors (Lipinski definition) is 1. The molecule has 1 heterocycles. The summed E-state index contributed by atoms with van der Waals surface area (Å²) in [5, 5.41) is 3.02. The van der Waals surface area contributed by atoms with Gasteiger partial charge in [-0.1, -0.05) is 60.2 Å². The molecule has 6 nitrogen and oxygen atoms in total. The number of nitrogens with zero attached hydrogens (tertiary/aromatic N) is 2. The van der Waals surface area contributed by atoms with Gasteiger partial charge in [0.1, 0.15) is 0 Å². The van der Waals surface area contributed by atoms with Crippen molar-refractivity contribution in [1.29, 1.82) is 0 Å². The minimum atomic E-state index is -3.46. The Hall–Kier alpha value is -2.65. The number of aryl methyl sites for hydroxylation is 1. The lowest BCUT2D eigenvalue weighted by atomic mass is 10.1. The lowest BCUT2D eigenvalue weighted by molar-refractivity contribution is 0.0956. The van der Waals surface area contributed by atoms with E-state index in [0.717, 1.165) is 17.1 Å². The Morgan fingerprint density at radius 1 is 0.889 bits per heavy atom. The van der Waals surface area contributed by atoms with E-state index in [1.807, 2.05) is 42.1 Å². The first kappa shape index (κ1) is 26.4. The van der Waals surface area contributed by atoms with Gasteiger partial charge in [-0.15, -0.1) is 0 Å².